The summed E-state index contributed by atoms with van der Waals surface area (Å²) in [5.41, 5.74) is 1.19. The molecule has 0 aliphatic carbocycles. The second-order valence-electron chi connectivity index (χ2n) is 7.15. The number of carbonyl (C=O) groups excluding carboxylic acids is 1. The van der Waals surface area contributed by atoms with Gasteiger partial charge in [-0.25, -0.2) is 4.39 Å². The Morgan fingerprint density at radius 1 is 1.17 bits per heavy atom. The van der Waals surface area contributed by atoms with E-state index in [1.807, 2.05) is 6.07 Å². The van der Waals surface area contributed by atoms with Crippen LogP contribution in [0.1, 0.15) is 19.3 Å². The number of halogens is 1. The largest absolute Gasteiger partial charge is 0.358 e. The summed E-state index contributed by atoms with van der Waals surface area (Å²) in [5.74, 6) is -0.278. The number of likely N-dealkylation sites (N-methyl/N-ethyl adjacent to an activating group) is 1. The minimum absolute atomic E-state index is 0.0257. The highest BCUT2D eigenvalue weighted by Crippen LogP contribution is 2.22. The molecule has 3 N–H and O–H groups in total. The third-order valence-electron chi connectivity index (χ3n) is 5.16. The normalized spacial score (nSPS) is 20.2. The number of nitrogens with one attached hydrogen (secondary N) is 3. The Balaban J connectivity index is 1.56. The summed E-state index contributed by atoms with van der Waals surface area (Å²) < 4.78 is 14.4. The first-order valence-electron chi connectivity index (χ1n) is 9.11. The molecule has 0 radical (unpaired) electrons. The predicted octanol–water partition coefficient (Wildman–Crippen LogP) is -0.832. The molecule has 0 bridgehead atoms. The zero-order valence-corrected chi connectivity index (χ0v) is 14.5. The van der Waals surface area contributed by atoms with Crippen LogP contribution >= 0.6 is 0 Å². The molecule has 0 aromatic heterocycles. The number of anilines is 2. The SMILES string of the molecule is C[NH+]1CCN(c2ccc(NC(=O)C[NH+]3CCCCC3)cc2F)CC1. The van der Waals surface area contributed by atoms with E-state index in [0.29, 0.717) is 17.9 Å². The molecule has 24 heavy (non-hydrogen) atoms. The van der Waals surface area contributed by atoms with Gasteiger partial charge >= 0.3 is 0 Å². The second kappa shape index (κ2) is 7.94. The van der Waals surface area contributed by atoms with E-state index in [1.54, 1.807) is 6.07 Å². The Hall–Kier alpha value is -1.66. The number of carbonyl (C=O) groups is 1. The van der Waals surface area contributed by atoms with Gasteiger partial charge in [-0.15, -0.1) is 0 Å². The molecule has 2 heterocycles. The lowest BCUT2D eigenvalue weighted by Gasteiger charge is -2.32. The van der Waals surface area contributed by atoms with Gasteiger partial charge < -0.3 is 20.0 Å². The first kappa shape index (κ1) is 17.2. The predicted molar refractivity (Wildman–Crippen MR) is 93.3 cm³/mol. The fourth-order valence-corrected chi connectivity index (χ4v) is 3.63. The fourth-order valence-electron chi connectivity index (χ4n) is 3.63. The smallest absolute Gasteiger partial charge is 0.279 e. The molecule has 1 aromatic rings. The van der Waals surface area contributed by atoms with E-state index in [2.05, 4.69) is 17.3 Å². The van der Waals surface area contributed by atoms with Crippen molar-refractivity contribution < 1.29 is 19.0 Å². The molecular weight excluding hydrogens is 307 g/mol. The average Bonchev–Trinajstić information content (AvgIpc) is 2.57. The maximum atomic E-state index is 14.4. The number of likely N-dealkylation sites (tertiary alicyclic amines) is 1. The third-order valence-corrected chi connectivity index (χ3v) is 5.16. The number of benzene rings is 1. The summed E-state index contributed by atoms with van der Waals surface area (Å²) in [7, 11) is 2.16. The molecule has 2 aliphatic rings. The van der Waals surface area contributed by atoms with Gasteiger partial charge in [-0.3, -0.25) is 4.79 Å². The number of hydrogen-bond acceptors (Lipinski definition) is 2. The monoisotopic (exact) mass is 336 g/mol. The standard InChI is InChI=1S/C18H27FN4O/c1-21-9-11-23(12-10-21)17-6-5-15(13-16(17)19)20-18(24)14-22-7-3-2-4-8-22/h5-6,13H,2-4,7-12,14H2,1H3,(H,20,24)/p+2. The topological polar surface area (TPSA) is 41.2 Å². The van der Waals surface area contributed by atoms with Crippen LogP contribution in [-0.4, -0.2) is 58.8 Å². The first-order valence-corrected chi connectivity index (χ1v) is 9.11. The summed E-state index contributed by atoms with van der Waals surface area (Å²) >= 11 is 0. The molecule has 0 atom stereocenters. The Kier molecular flexibility index (Phi) is 5.68. The molecule has 1 amide bonds. The van der Waals surface area contributed by atoms with Crippen molar-refractivity contribution in [2.24, 2.45) is 0 Å². The Morgan fingerprint density at radius 3 is 2.54 bits per heavy atom. The summed E-state index contributed by atoms with van der Waals surface area (Å²) in [6.45, 7) is 6.38. The number of amides is 1. The van der Waals surface area contributed by atoms with Crippen LogP contribution in [0, 0.1) is 5.82 Å². The van der Waals surface area contributed by atoms with Gasteiger partial charge in [-0.05, 0) is 37.5 Å². The van der Waals surface area contributed by atoms with Crippen LogP contribution in [0.3, 0.4) is 0 Å². The highest BCUT2D eigenvalue weighted by atomic mass is 19.1. The van der Waals surface area contributed by atoms with E-state index in [-0.39, 0.29) is 11.7 Å². The number of quaternary nitrogens is 2. The number of piperazine rings is 1. The van der Waals surface area contributed by atoms with Crippen LogP contribution in [0.25, 0.3) is 0 Å². The zero-order chi connectivity index (χ0) is 16.9. The maximum absolute atomic E-state index is 14.4. The molecule has 132 valence electrons. The molecule has 5 nitrogen and oxygen atoms in total. The quantitative estimate of drug-likeness (QED) is 0.672. The van der Waals surface area contributed by atoms with Crippen molar-refractivity contribution in [1.29, 1.82) is 0 Å². The van der Waals surface area contributed by atoms with Crippen molar-refractivity contribution in [3.8, 4) is 0 Å². The fraction of sp³-hybridized carbons (Fsp3) is 0.611. The molecule has 0 saturated carbocycles. The van der Waals surface area contributed by atoms with E-state index < -0.39 is 0 Å². The van der Waals surface area contributed by atoms with E-state index in [9.17, 15) is 9.18 Å². The molecule has 2 aliphatic heterocycles. The maximum Gasteiger partial charge on any atom is 0.279 e. The highest BCUT2D eigenvalue weighted by molar-refractivity contribution is 5.91. The van der Waals surface area contributed by atoms with Crippen molar-refractivity contribution >= 4 is 17.3 Å². The van der Waals surface area contributed by atoms with E-state index in [4.69, 9.17) is 0 Å². The Labute approximate surface area is 143 Å². The van der Waals surface area contributed by atoms with Gasteiger partial charge in [0.15, 0.2) is 6.54 Å². The number of rotatable bonds is 4. The lowest BCUT2D eigenvalue weighted by molar-refractivity contribution is -0.896. The van der Waals surface area contributed by atoms with Gasteiger partial charge in [0.2, 0.25) is 0 Å². The van der Waals surface area contributed by atoms with Crippen molar-refractivity contribution in [1.82, 2.24) is 0 Å². The minimum Gasteiger partial charge on any atom is -0.358 e. The lowest BCUT2D eigenvalue weighted by Crippen LogP contribution is -3.13. The van der Waals surface area contributed by atoms with Crippen LogP contribution in [-0.2, 0) is 4.79 Å². The van der Waals surface area contributed by atoms with E-state index in [0.717, 1.165) is 39.3 Å². The lowest BCUT2D eigenvalue weighted by atomic mass is 10.1. The van der Waals surface area contributed by atoms with Crippen LogP contribution in [0.4, 0.5) is 15.8 Å². The van der Waals surface area contributed by atoms with Crippen LogP contribution in [0.5, 0.6) is 0 Å². The van der Waals surface area contributed by atoms with Crippen molar-refractivity contribution in [2.75, 3.05) is 63.1 Å². The number of piperidine rings is 1. The van der Waals surface area contributed by atoms with E-state index >= 15 is 0 Å². The first-order chi connectivity index (χ1) is 11.6. The second-order valence-corrected chi connectivity index (χ2v) is 7.15. The molecule has 2 fully saturated rings. The number of hydrogen-bond donors (Lipinski definition) is 3. The van der Waals surface area contributed by atoms with Gasteiger partial charge in [0, 0.05) is 5.69 Å². The highest BCUT2D eigenvalue weighted by Gasteiger charge is 2.21. The summed E-state index contributed by atoms with van der Waals surface area (Å²) in [4.78, 5) is 17.0. The van der Waals surface area contributed by atoms with Crippen LogP contribution < -0.4 is 20.0 Å². The molecule has 3 rings (SSSR count). The van der Waals surface area contributed by atoms with Gasteiger partial charge in [-0.2, -0.15) is 0 Å². The number of nitrogens with zero attached hydrogens (tertiary/aromatic N) is 1. The van der Waals surface area contributed by atoms with Crippen molar-refractivity contribution in [3.05, 3.63) is 24.0 Å². The molecule has 2 saturated heterocycles. The molecule has 0 unspecified atom stereocenters. The van der Waals surface area contributed by atoms with E-state index in [1.165, 1.54) is 35.1 Å². The molecule has 1 aromatic carbocycles. The Bertz CT molecular complexity index is 566. The van der Waals surface area contributed by atoms with Crippen molar-refractivity contribution in [3.63, 3.8) is 0 Å². The van der Waals surface area contributed by atoms with Gasteiger partial charge in [-0.1, -0.05) is 0 Å². The third kappa shape index (κ3) is 4.45. The van der Waals surface area contributed by atoms with Gasteiger partial charge in [0.1, 0.15) is 5.82 Å². The molecular formula is C18H29FN4O+2. The van der Waals surface area contributed by atoms with Gasteiger partial charge in [0.05, 0.1) is 52.0 Å². The van der Waals surface area contributed by atoms with Crippen molar-refractivity contribution in [2.45, 2.75) is 19.3 Å². The molecule has 0 spiro atoms. The summed E-state index contributed by atoms with van der Waals surface area (Å²) in [6, 6.07) is 5.05. The van der Waals surface area contributed by atoms with Gasteiger partial charge in [0.25, 0.3) is 5.91 Å². The van der Waals surface area contributed by atoms with Crippen LogP contribution in [0.2, 0.25) is 0 Å². The Morgan fingerprint density at radius 2 is 1.88 bits per heavy atom. The average molecular weight is 336 g/mol. The summed E-state index contributed by atoms with van der Waals surface area (Å²) in [6.07, 6.45) is 3.66. The zero-order valence-electron chi connectivity index (χ0n) is 14.5. The minimum atomic E-state index is -0.252. The summed E-state index contributed by atoms with van der Waals surface area (Å²) in [5, 5.41) is 2.84. The van der Waals surface area contributed by atoms with Crippen LogP contribution in [0.15, 0.2) is 18.2 Å². The molecule has 6 heteroatoms.